The van der Waals surface area contributed by atoms with Gasteiger partial charge in [0.1, 0.15) is 12.4 Å². The predicted octanol–water partition coefficient (Wildman–Crippen LogP) is 8.44. The fraction of sp³-hybridized carbons (Fsp3) is 0.250. The topological polar surface area (TPSA) is 70.5 Å². The zero-order valence-corrected chi connectivity index (χ0v) is 24.0. The van der Waals surface area contributed by atoms with Gasteiger partial charge in [0.2, 0.25) is 5.88 Å². The number of carbonyl (C=O) groups excluding carboxylic acids is 1. The summed E-state index contributed by atoms with van der Waals surface area (Å²) in [6.45, 7) is 3.36. The number of nitrogens with zero attached hydrogens (tertiary/aromatic N) is 2. The number of carbonyl (C=O) groups is 1. The van der Waals surface area contributed by atoms with Crippen molar-refractivity contribution in [3.63, 3.8) is 0 Å². The Balaban J connectivity index is 1.26. The number of hydrogen-bond donors (Lipinski definition) is 0. The molecule has 0 aliphatic rings. The molecule has 0 spiro atoms. The zero-order chi connectivity index (χ0) is 29.0. The highest BCUT2D eigenvalue weighted by Gasteiger charge is 2.11. The van der Waals surface area contributed by atoms with Gasteiger partial charge in [0, 0.05) is 23.6 Å². The first-order chi connectivity index (χ1) is 20.7. The average Bonchev–Trinajstić information content (AvgIpc) is 3.04. The molecule has 5 aromatic rings. The van der Waals surface area contributed by atoms with Gasteiger partial charge >= 0.3 is 5.97 Å². The minimum atomic E-state index is -0.111. The van der Waals surface area contributed by atoms with E-state index in [2.05, 4.69) is 24.3 Å². The second kappa shape index (κ2) is 14.8. The van der Waals surface area contributed by atoms with Gasteiger partial charge in [-0.25, -0.2) is 4.98 Å². The molecule has 0 atom stereocenters. The van der Waals surface area contributed by atoms with Gasteiger partial charge < -0.3 is 14.2 Å². The van der Waals surface area contributed by atoms with Crippen molar-refractivity contribution in [2.45, 2.75) is 45.6 Å². The fourth-order valence-corrected chi connectivity index (χ4v) is 4.72. The lowest BCUT2D eigenvalue weighted by molar-refractivity contribution is -0.143. The van der Waals surface area contributed by atoms with Crippen molar-refractivity contribution in [2.24, 2.45) is 0 Å². The Bertz CT molecular complexity index is 1590. The SMILES string of the molecule is CCOC(=O)CCCCCCOc1ccc2cc(-c3nc(OCc4ccccc4)cc(-c4ccccc4)n3)ccc2c1. The highest BCUT2D eigenvalue weighted by atomic mass is 16.5. The Morgan fingerprint density at radius 3 is 2.24 bits per heavy atom. The molecule has 0 unspecified atom stereocenters. The molecule has 0 saturated carbocycles. The summed E-state index contributed by atoms with van der Waals surface area (Å²) < 4.78 is 17.1. The summed E-state index contributed by atoms with van der Waals surface area (Å²) in [6, 6.07) is 34.4. The van der Waals surface area contributed by atoms with Crippen LogP contribution in [-0.4, -0.2) is 29.2 Å². The van der Waals surface area contributed by atoms with E-state index in [1.807, 2.05) is 85.8 Å². The molecule has 0 saturated heterocycles. The highest BCUT2D eigenvalue weighted by Crippen LogP contribution is 2.29. The third-order valence-electron chi connectivity index (χ3n) is 6.92. The first-order valence-electron chi connectivity index (χ1n) is 14.6. The number of unbranched alkanes of at least 4 members (excludes halogenated alkanes) is 3. The van der Waals surface area contributed by atoms with Crippen LogP contribution in [0.2, 0.25) is 0 Å². The van der Waals surface area contributed by atoms with Gasteiger partial charge in [0.25, 0.3) is 0 Å². The van der Waals surface area contributed by atoms with Gasteiger partial charge in [0.15, 0.2) is 5.82 Å². The lowest BCUT2D eigenvalue weighted by Crippen LogP contribution is -2.03. The predicted molar refractivity (Wildman–Crippen MR) is 166 cm³/mol. The third kappa shape index (κ3) is 8.16. The van der Waals surface area contributed by atoms with Crippen molar-refractivity contribution in [1.29, 1.82) is 0 Å². The zero-order valence-electron chi connectivity index (χ0n) is 24.0. The van der Waals surface area contributed by atoms with Crippen molar-refractivity contribution in [2.75, 3.05) is 13.2 Å². The largest absolute Gasteiger partial charge is 0.494 e. The summed E-state index contributed by atoms with van der Waals surface area (Å²) in [6.07, 6.45) is 4.31. The van der Waals surface area contributed by atoms with E-state index in [0.717, 1.165) is 64.6 Å². The molecule has 6 heteroatoms. The molecule has 0 N–H and O–H groups in total. The molecule has 0 fully saturated rings. The van der Waals surface area contributed by atoms with Crippen LogP contribution in [0.1, 0.15) is 44.6 Å². The number of esters is 1. The molecule has 0 amide bonds. The Hall–Kier alpha value is -4.71. The Morgan fingerprint density at radius 2 is 1.43 bits per heavy atom. The maximum atomic E-state index is 11.4. The lowest BCUT2D eigenvalue weighted by Gasteiger charge is -2.11. The van der Waals surface area contributed by atoms with E-state index in [0.29, 0.717) is 37.9 Å². The van der Waals surface area contributed by atoms with Crippen LogP contribution in [-0.2, 0) is 16.1 Å². The second-order valence-corrected chi connectivity index (χ2v) is 10.1. The summed E-state index contributed by atoms with van der Waals surface area (Å²) in [4.78, 5) is 21.1. The van der Waals surface area contributed by atoms with Crippen molar-refractivity contribution in [1.82, 2.24) is 9.97 Å². The monoisotopic (exact) mass is 560 g/mol. The van der Waals surface area contributed by atoms with Gasteiger partial charge in [-0.05, 0) is 54.3 Å². The van der Waals surface area contributed by atoms with Crippen LogP contribution >= 0.6 is 0 Å². The van der Waals surface area contributed by atoms with Crippen LogP contribution in [0.5, 0.6) is 11.6 Å². The summed E-state index contributed by atoms with van der Waals surface area (Å²) in [5.74, 6) is 1.89. The summed E-state index contributed by atoms with van der Waals surface area (Å²) in [7, 11) is 0. The summed E-state index contributed by atoms with van der Waals surface area (Å²) in [5, 5.41) is 2.17. The molecule has 42 heavy (non-hydrogen) atoms. The normalized spacial score (nSPS) is 10.9. The van der Waals surface area contributed by atoms with Gasteiger partial charge in [-0.1, -0.05) is 91.7 Å². The number of hydrogen-bond acceptors (Lipinski definition) is 6. The number of fused-ring (bicyclic) bond motifs is 1. The van der Waals surface area contributed by atoms with Gasteiger partial charge in [-0.3, -0.25) is 4.79 Å². The van der Waals surface area contributed by atoms with E-state index < -0.39 is 0 Å². The van der Waals surface area contributed by atoms with Crippen molar-refractivity contribution < 1.29 is 19.0 Å². The van der Waals surface area contributed by atoms with Gasteiger partial charge in [0.05, 0.1) is 18.9 Å². The van der Waals surface area contributed by atoms with Crippen LogP contribution in [0.15, 0.2) is 103 Å². The van der Waals surface area contributed by atoms with Crippen LogP contribution in [0.4, 0.5) is 0 Å². The molecule has 1 aromatic heterocycles. The van der Waals surface area contributed by atoms with Gasteiger partial charge in [-0.2, -0.15) is 4.98 Å². The Labute approximate surface area is 247 Å². The summed E-state index contributed by atoms with van der Waals surface area (Å²) >= 11 is 0. The van der Waals surface area contributed by atoms with E-state index in [9.17, 15) is 4.79 Å². The van der Waals surface area contributed by atoms with Crippen molar-refractivity contribution in [3.05, 3.63) is 109 Å². The number of aromatic nitrogens is 2. The van der Waals surface area contributed by atoms with Gasteiger partial charge in [-0.15, -0.1) is 0 Å². The third-order valence-corrected chi connectivity index (χ3v) is 6.92. The molecule has 0 radical (unpaired) electrons. The smallest absolute Gasteiger partial charge is 0.305 e. The highest BCUT2D eigenvalue weighted by molar-refractivity contribution is 5.87. The van der Waals surface area contributed by atoms with Crippen molar-refractivity contribution in [3.8, 4) is 34.3 Å². The molecular formula is C36H36N2O4. The molecule has 4 aromatic carbocycles. The molecule has 0 aliphatic carbocycles. The first-order valence-corrected chi connectivity index (χ1v) is 14.6. The summed E-state index contributed by atoms with van der Waals surface area (Å²) in [5.41, 5.74) is 3.82. The lowest BCUT2D eigenvalue weighted by atomic mass is 10.1. The fourth-order valence-electron chi connectivity index (χ4n) is 4.72. The van der Waals surface area contributed by atoms with Crippen LogP contribution in [0.3, 0.4) is 0 Å². The second-order valence-electron chi connectivity index (χ2n) is 10.1. The Kier molecular flexibility index (Phi) is 10.1. The minimum absolute atomic E-state index is 0.111. The Morgan fingerprint density at radius 1 is 0.690 bits per heavy atom. The van der Waals surface area contributed by atoms with Crippen LogP contribution in [0.25, 0.3) is 33.4 Å². The molecule has 0 aliphatic heterocycles. The van der Waals surface area contributed by atoms with E-state index in [-0.39, 0.29) is 5.97 Å². The molecule has 214 valence electrons. The molecule has 6 nitrogen and oxygen atoms in total. The standard InChI is InChI=1S/C36H36N2O4/c1-2-40-35(39)17-11-3-4-12-22-41-32-21-20-29-23-31(19-18-30(29)24-32)36-37-33(28-15-9-6-10-16-28)25-34(38-36)42-26-27-13-7-5-8-14-27/h5-10,13-16,18-21,23-25H,2-4,11-12,17,22,26H2,1H3. The average molecular weight is 561 g/mol. The minimum Gasteiger partial charge on any atom is -0.494 e. The quantitative estimate of drug-likeness (QED) is 0.100. The molecule has 5 rings (SSSR count). The van der Waals surface area contributed by atoms with Crippen LogP contribution in [0, 0.1) is 0 Å². The van der Waals surface area contributed by atoms with E-state index in [1.165, 1.54) is 0 Å². The van der Waals surface area contributed by atoms with E-state index >= 15 is 0 Å². The molecular weight excluding hydrogens is 524 g/mol. The molecule has 0 bridgehead atoms. The van der Waals surface area contributed by atoms with Crippen molar-refractivity contribution >= 4 is 16.7 Å². The van der Waals surface area contributed by atoms with Crippen LogP contribution < -0.4 is 9.47 Å². The maximum Gasteiger partial charge on any atom is 0.305 e. The molecule has 1 heterocycles. The van der Waals surface area contributed by atoms with E-state index in [4.69, 9.17) is 24.2 Å². The number of rotatable bonds is 14. The number of ether oxygens (including phenoxy) is 3. The van der Waals surface area contributed by atoms with E-state index in [1.54, 1.807) is 0 Å². The number of benzene rings is 4. The maximum absolute atomic E-state index is 11.4. The first kappa shape index (κ1) is 28.8.